The van der Waals surface area contributed by atoms with Crippen molar-refractivity contribution in [2.45, 2.75) is 0 Å². The summed E-state index contributed by atoms with van der Waals surface area (Å²) in [5.41, 5.74) is 13.8. The van der Waals surface area contributed by atoms with Gasteiger partial charge in [-0.1, -0.05) is 36.4 Å². The van der Waals surface area contributed by atoms with Crippen LogP contribution in [0.3, 0.4) is 0 Å². The second-order valence-corrected chi connectivity index (χ2v) is 6.00. The molecule has 4 N–H and O–H groups in total. The van der Waals surface area contributed by atoms with E-state index in [1.54, 1.807) is 17.4 Å². The van der Waals surface area contributed by atoms with Crippen molar-refractivity contribution < 1.29 is 0 Å². The van der Waals surface area contributed by atoms with Crippen LogP contribution in [0.1, 0.15) is 0 Å². The molecule has 0 radical (unpaired) electrons. The highest BCUT2D eigenvalue weighted by Gasteiger charge is 2.12. The lowest BCUT2D eigenvalue weighted by Crippen LogP contribution is -1.98. The number of pyridine rings is 1. The molecular weight excluding hydrogens is 314 g/mol. The molecule has 0 aliphatic rings. The predicted molar refractivity (Wildman–Crippen MR) is 98.6 cm³/mol. The van der Waals surface area contributed by atoms with Crippen molar-refractivity contribution in [2.24, 2.45) is 0 Å². The van der Waals surface area contributed by atoms with Crippen LogP contribution in [0.25, 0.3) is 31.3 Å². The molecule has 4 aromatic rings. The van der Waals surface area contributed by atoms with Gasteiger partial charge in [0.25, 0.3) is 0 Å². The lowest BCUT2D eigenvalue weighted by Gasteiger charge is -2.07. The molecule has 0 fully saturated rings. The summed E-state index contributed by atoms with van der Waals surface area (Å²) in [6, 6.07) is 18.5. The van der Waals surface area contributed by atoms with Crippen LogP contribution in [0.2, 0.25) is 0 Å². The minimum atomic E-state index is 0. The van der Waals surface area contributed by atoms with Gasteiger partial charge in [-0.2, -0.15) is 0 Å². The molecule has 2 aromatic carbocycles. The Morgan fingerprint density at radius 1 is 0.773 bits per heavy atom. The number of hydrogen-bond donors (Lipinski definition) is 2. The molecule has 2 aromatic heterocycles. The summed E-state index contributed by atoms with van der Waals surface area (Å²) in [5, 5.41) is 2.53. The fourth-order valence-corrected chi connectivity index (χ4v) is 3.91. The van der Waals surface area contributed by atoms with Crippen LogP contribution >= 0.6 is 23.7 Å². The van der Waals surface area contributed by atoms with Crippen molar-refractivity contribution in [1.82, 2.24) is 4.98 Å². The van der Waals surface area contributed by atoms with Gasteiger partial charge in [0.05, 0.1) is 0 Å². The molecule has 0 unspecified atom stereocenters. The van der Waals surface area contributed by atoms with E-state index in [1.165, 1.54) is 20.2 Å². The molecular formula is C17H14ClN3S. The molecule has 0 amide bonds. The Morgan fingerprint density at radius 3 is 2.36 bits per heavy atom. The van der Waals surface area contributed by atoms with Crippen molar-refractivity contribution in [1.29, 1.82) is 0 Å². The number of halogens is 1. The van der Waals surface area contributed by atoms with Gasteiger partial charge in [0.15, 0.2) is 0 Å². The summed E-state index contributed by atoms with van der Waals surface area (Å²) in [5.74, 6) is 0.916. The van der Waals surface area contributed by atoms with Crippen molar-refractivity contribution in [3.8, 4) is 11.1 Å². The highest BCUT2D eigenvalue weighted by molar-refractivity contribution is 7.26. The van der Waals surface area contributed by atoms with Gasteiger partial charge in [-0.15, -0.1) is 23.7 Å². The first-order valence-corrected chi connectivity index (χ1v) is 7.48. The number of anilines is 2. The molecule has 3 nitrogen and oxygen atoms in total. The predicted octanol–water partition coefficient (Wildman–Crippen LogP) is 4.70. The molecule has 0 atom stereocenters. The molecule has 5 heteroatoms. The average molecular weight is 328 g/mol. The molecule has 0 aliphatic carbocycles. The van der Waals surface area contributed by atoms with Crippen LogP contribution in [-0.4, -0.2) is 4.98 Å². The van der Waals surface area contributed by atoms with E-state index in [0.717, 1.165) is 11.1 Å². The second kappa shape index (κ2) is 5.48. The Hall–Kier alpha value is -2.30. The fourth-order valence-electron chi connectivity index (χ4n) is 2.68. The Labute approximate surface area is 138 Å². The zero-order valence-electron chi connectivity index (χ0n) is 11.6. The maximum absolute atomic E-state index is 6.05. The van der Waals surface area contributed by atoms with Gasteiger partial charge in [0.2, 0.25) is 0 Å². The van der Waals surface area contributed by atoms with E-state index in [1.807, 2.05) is 6.07 Å². The Bertz CT molecular complexity index is 978. The van der Waals surface area contributed by atoms with Crippen LogP contribution in [0, 0.1) is 0 Å². The number of nitrogen functional groups attached to an aromatic ring is 2. The number of thiophene rings is 1. The van der Waals surface area contributed by atoms with Crippen molar-refractivity contribution >= 4 is 55.6 Å². The van der Waals surface area contributed by atoms with Gasteiger partial charge in [-0.05, 0) is 18.2 Å². The third kappa shape index (κ3) is 2.17. The van der Waals surface area contributed by atoms with E-state index in [2.05, 4.69) is 47.4 Å². The smallest absolute Gasteiger partial charge is 0.133 e. The fraction of sp³-hybridized carbons (Fsp3) is 0. The van der Waals surface area contributed by atoms with Crippen LogP contribution in [0.5, 0.6) is 0 Å². The quantitative estimate of drug-likeness (QED) is 0.532. The molecule has 0 bridgehead atoms. The van der Waals surface area contributed by atoms with Crippen molar-refractivity contribution in [3.05, 3.63) is 54.6 Å². The molecule has 2 heterocycles. The first kappa shape index (κ1) is 14.6. The van der Waals surface area contributed by atoms with Crippen LogP contribution in [0.4, 0.5) is 11.6 Å². The van der Waals surface area contributed by atoms with Crippen molar-refractivity contribution in [2.75, 3.05) is 11.5 Å². The minimum Gasteiger partial charge on any atom is -0.384 e. The SMILES string of the molecule is Cl.Nc1ccc(-c2cccc3c2sc2ccccc23)c(N)n1. The van der Waals surface area contributed by atoms with Crippen LogP contribution in [0.15, 0.2) is 54.6 Å². The van der Waals surface area contributed by atoms with E-state index in [-0.39, 0.29) is 12.4 Å². The summed E-state index contributed by atoms with van der Waals surface area (Å²) in [7, 11) is 0. The highest BCUT2D eigenvalue weighted by atomic mass is 35.5. The van der Waals surface area contributed by atoms with Crippen LogP contribution < -0.4 is 11.5 Å². The third-order valence-corrected chi connectivity index (χ3v) is 4.86. The number of benzene rings is 2. The first-order chi connectivity index (χ1) is 10.2. The normalized spacial score (nSPS) is 10.7. The Balaban J connectivity index is 0.00000144. The van der Waals surface area contributed by atoms with Crippen molar-refractivity contribution in [3.63, 3.8) is 0 Å². The summed E-state index contributed by atoms with van der Waals surface area (Å²) < 4.78 is 2.51. The van der Waals surface area contributed by atoms with E-state index < -0.39 is 0 Å². The number of rotatable bonds is 1. The maximum Gasteiger partial charge on any atom is 0.133 e. The molecule has 110 valence electrons. The summed E-state index contributed by atoms with van der Waals surface area (Å²) in [6.07, 6.45) is 0. The average Bonchev–Trinajstić information content (AvgIpc) is 2.86. The number of nitrogens with zero attached hydrogens (tertiary/aromatic N) is 1. The number of aromatic nitrogens is 1. The molecule has 0 aliphatic heterocycles. The zero-order valence-corrected chi connectivity index (χ0v) is 13.2. The lowest BCUT2D eigenvalue weighted by molar-refractivity contribution is 1.35. The Kier molecular flexibility index (Phi) is 3.64. The highest BCUT2D eigenvalue weighted by Crippen LogP contribution is 2.40. The summed E-state index contributed by atoms with van der Waals surface area (Å²) in [4.78, 5) is 4.17. The minimum absolute atomic E-state index is 0. The van der Waals surface area contributed by atoms with E-state index >= 15 is 0 Å². The maximum atomic E-state index is 6.05. The number of fused-ring (bicyclic) bond motifs is 3. The molecule has 22 heavy (non-hydrogen) atoms. The molecule has 4 rings (SSSR count). The molecule has 0 saturated heterocycles. The second-order valence-electron chi connectivity index (χ2n) is 4.95. The standard InChI is InChI=1S/C17H13N3S.ClH/c18-15-9-8-13(17(19)20-15)12-6-3-5-11-10-4-1-2-7-14(10)21-16(11)12;/h1-9H,(H4,18,19,20);1H. The third-order valence-electron chi connectivity index (χ3n) is 3.64. The first-order valence-electron chi connectivity index (χ1n) is 6.66. The van der Waals surface area contributed by atoms with E-state index in [9.17, 15) is 0 Å². The van der Waals surface area contributed by atoms with Crippen LogP contribution in [-0.2, 0) is 0 Å². The lowest BCUT2D eigenvalue weighted by atomic mass is 10.0. The van der Waals surface area contributed by atoms with Gasteiger partial charge >= 0.3 is 0 Å². The summed E-state index contributed by atoms with van der Waals surface area (Å²) in [6.45, 7) is 0. The molecule has 0 spiro atoms. The van der Waals surface area contributed by atoms with Gasteiger partial charge in [-0.25, -0.2) is 4.98 Å². The zero-order chi connectivity index (χ0) is 14.4. The monoisotopic (exact) mass is 327 g/mol. The largest absolute Gasteiger partial charge is 0.384 e. The van der Waals surface area contributed by atoms with Gasteiger partial charge in [0.1, 0.15) is 11.6 Å². The summed E-state index contributed by atoms with van der Waals surface area (Å²) >= 11 is 1.78. The number of hydrogen-bond acceptors (Lipinski definition) is 4. The topological polar surface area (TPSA) is 64.9 Å². The van der Waals surface area contributed by atoms with E-state index in [0.29, 0.717) is 11.6 Å². The van der Waals surface area contributed by atoms with Gasteiger partial charge < -0.3 is 11.5 Å². The van der Waals surface area contributed by atoms with Gasteiger partial charge in [-0.3, -0.25) is 0 Å². The van der Waals surface area contributed by atoms with Gasteiger partial charge in [0, 0.05) is 31.3 Å². The molecule has 0 saturated carbocycles. The number of nitrogens with two attached hydrogens (primary N) is 2. The van der Waals surface area contributed by atoms with E-state index in [4.69, 9.17) is 11.5 Å². The Morgan fingerprint density at radius 2 is 1.55 bits per heavy atom.